The van der Waals surface area contributed by atoms with Crippen LogP contribution in [0.1, 0.15) is 32.3 Å². The lowest BCUT2D eigenvalue weighted by Crippen LogP contribution is -2.32. The standard InChI is InChI=1S/C16H26N2O2/c1-4-5-14-6-8-15(9-7-14)17-16(20)12-18(3)11-10-13(2)19/h6-9,13,19H,4-5,10-12H2,1-3H3,(H,17,20). The monoisotopic (exact) mass is 278 g/mol. The van der Waals surface area contributed by atoms with Crippen LogP contribution in [0.15, 0.2) is 24.3 Å². The summed E-state index contributed by atoms with van der Waals surface area (Å²) >= 11 is 0. The second kappa shape index (κ2) is 8.72. The maximum Gasteiger partial charge on any atom is 0.238 e. The molecule has 0 aromatic heterocycles. The number of nitrogens with zero attached hydrogens (tertiary/aromatic N) is 1. The predicted molar refractivity (Wildman–Crippen MR) is 82.9 cm³/mol. The third kappa shape index (κ3) is 6.68. The third-order valence-electron chi connectivity index (χ3n) is 3.12. The fraction of sp³-hybridized carbons (Fsp3) is 0.562. The summed E-state index contributed by atoms with van der Waals surface area (Å²) in [5.74, 6) is -0.0265. The summed E-state index contributed by atoms with van der Waals surface area (Å²) in [5.41, 5.74) is 2.12. The molecule has 0 aliphatic heterocycles. The zero-order valence-corrected chi connectivity index (χ0v) is 12.7. The number of rotatable bonds is 8. The minimum absolute atomic E-state index is 0.0265. The summed E-state index contributed by atoms with van der Waals surface area (Å²) in [7, 11) is 1.88. The summed E-state index contributed by atoms with van der Waals surface area (Å²) in [6, 6.07) is 7.99. The first kappa shape index (κ1) is 16.7. The van der Waals surface area contributed by atoms with Crippen molar-refractivity contribution in [2.24, 2.45) is 0 Å². The van der Waals surface area contributed by atoms with Crippen LogP contribution in [0.3, 0.4) is 0 Å². The number of likely N-dealkylation sites (N-methyl/N-ethyl adjacent to an activating group) is 1. The maximum absolute atomic E-state index is 11.9. The van der Waals surface area contributed by atoms with Crippen LogP contribution in [0.4, 0.5) is 5.69 Å². The molecule has 0 aliphatic carbocycles. The minimum Gasteiger partial charge on any atom is -0.393 e. The third-order valence-corrected chi connectivity index (χ3v) is 3.12. The molecule has 1 amide bonds. The van der Waals surface area contributed by atoms with Crippen LogP contribution in [-0.4, -0.2) is 42.2 Å². The van der Waals surface area contributed by atoms with E-state index in [-0.39, 0.29) is 12.0 Å². The van der Waals surface area contributed by atoms with Gasteiger partial charge in [0, 0.05) is 12.2 Å². The molecule has 4 heteroatoms. The molecule has 0 radical (unpaired) electrons. The van der Waals surface area contributed by atoms with Gasteiger partial charge < -0.3 is 10.4 Å². The number of nitrogens with one attached hydrogen (secondary N) is 1. The van der Waals surface area contributed by atoms with Gasteiger partial charge in [-0.3, -0.25) is 9.69 Å². The van der Waals surface area contributed by atoms with E-state index in [1.807, 2.05) is 24.1 Å². The number of anilines is 1. The quantitative estimate of drug-likeness (QED) is 0.767. The van der Waals surface area contributed by atoms with Crippen LogP contribution in [-0.2, 0) is 11.2 Å². The predicted octanol–water partition coefficient (Wildman–Crippen LogP) is 2.28. The molecule has 0 bridgehead atoms. The van der Waals surface area contributed by atoms with Crippen LogP contribution in [0.5, 0.6) is 0 Å². The molecule has 1 aromatic rings. The highest BCUT2D eigenvalue weighted by molar-refractivity contribution is 5.92. The Morgan fingerprint density at radius 3 is 2.55 bits per heavy atom. The molecule has 20 heavy (non-hydrogen) atoms. The number of aryl methyl sites for hydroxylation is 1. The zero-order valence-electron chi connectivity index (χ0n) is 12.7. The van der Waals surface area contributed by atoms with E-state index in [1.165, 1.54) is 5.56 Å². The Kier molecular flexibility index (Phi) is 7.26. The molecular formula is C16H26N2O2. The molecule has 1 rings (SSSR count). The van der Waals surface area contributed by atoms with Gasteiger partial charge in [0.15, 0.2) is 0 Å². The van der Waals surface area contributed by atoms with E-state index < -0.39 is 0 Å². The van der Waals surface area contributed by atoms with Crippen molar-refractivity contribution in [1.29, 1.82) is 0 Å². The smallest absolute Gasteiger partial charge is 0.238 e. The molecule has 1 unspecified atom stereocenters. The average molecular weight is 278 g/mol. The lowest BCUT2D eigenvalue weighted by molar-refractivity contribution is -0.117. The number of carbonyl (C=O) groups is 1. The first-order valence-corrected chi connectivity index (χ1v) is 7.26. The molecule has 0 aliphatic rings. The van der Waals surface area contributed by atoms with Crippen molar-refractivity contribution in [3.8, 4) is 0 Å². The van der Waals surface area contributed by atoms with Crippen LogP contribution in [0, 0.1) is 0 Å². The Balaban J connectivity index is 2.37. The molecule has 0 saturated carbocycles. The SMILES string of the molecule is CCCc1ccc(NC(=O)CN(C)CCC(C)O)cc1. The minimum atomic E-state index is -0.327. The summed E-state index contributed by atoms with van der Waals surface area (Å²) in [6.45, 7) is 4.95. The van der Waals surface area contributed by atoms with Gasteiger partial charge in [-0.15, -0.1) is 0 Å². The van der Waals surface area contributed by atoms with Gasteiger partial charge in [-0.05, 0) is 44.5 Å². The van der Waals surface area contributed by atoms with E-state index in [2.05, 4.69) is 24.4 Å². The van der Waals surface area contributed by atoms with E-state index >= 15 is 0 Å². The van der Waals surface area contributed by atoms with Gasteiger partial charge in [-0.1, -0.05) is 25.5 Å². The van der Waals surface area contributed by atoms with Crippen molar-refractivity contribution < 1.29 is 9.90 Å². The van der Waals surface area contributed by atoms with Gasteiger partial charge in [-0.2, -0.15) is 0 Å². The molecule has 1 aromatic carbocycles. The largest absolute Gasteiger partial charge is 0.393 e. The molecule has 112 valence electrons. The van der Waals surface area contributed by atoms with E-state index in [0.717, 1.165) is 18.5 Å². The summed E-state index contributed by atoms with van der Waals surface area (Å²) in [6.07, 6.45) is 2.54. The van der Waals surface area contributed by atoms with Crippen molar-refractivity contribution >= 4 is 11.6 Å². The number of hydrogen-bond donors (Lipinski definition) is 2. The topological polar surface area (TPSA) is 52.6 Å². The van der Waals surface area contributed by atoms with E-state index in [4.69, 9.17) is 0 Å². The Morgan fingerprint density at radius 2 is 2.00 bits per heavy atom. The van der Waals surface area contributed by atoms with Crippen LogP contribution >= 0.6 is 0 Å². The summed E-state index contributed by atoms with van der Waals surface area (Å²) < 4.78 is 0. The lowest BCUT2D eigenvalue weighted by Gasteiger charge is -2.17. The van der Waals surface area contributed by atoms with Crippen molar-refractivity contribution in [2.45, 2.75) is 39.2 Å². The number of carbonyl (C=O) groups excluding carboxylic acids is 1. The molecule has 0 fully saturated rings. The number of amides is 1. The molecule has 1 atom stereocenters. The van der Waals surface area contributed by atoms with Gasteiger partial charge in [0.05, 0.1) is 12.6 Å². The van der Waals surface area contributed by atoms with Crippen molar-refractivity contribution in [2.75, 3.05) is 25.5 Å². The van der Waals surface area contributed by atoms with E-state index in [1.54, 1.807) is 6.92 Å². The molecule has 0 heterocycles. The first-order chi connectivity index (χ1) is 9.51. The first-order valence-electron chi connectivity index (χ1n) is 7.26. The number of aliphatic hydroxyl groups is 1. The van der Waals surface area contributed by atoms with Crippen molar-refractivity contribution in [3.05, 3.63) is 29.8 Å². The Labute approximate surface area is 121 Å². The Bertz CT molecular complexity index is 401. The fourth-order valence-electron chi connectivity index (χ4n) is 1.98. The normalized spacial score (nSPS) is 12.4. The number of hydrogen-bond acceptors (Lipinski definition) is 3. The van der Waals surface area contributed by atoms with Gasteiger partial charge >= 0.3 is 0 Å². The molecule has 0 spiro atoms. The summed E-state index contributed by atoms with van der Waals surface area (Å²) in [5, 5.41) is 12.1. The van der Waals surface area contributed by atoms with Gasteiger partial charge in [0.2, 0.25) is 5.91 Å². The van der Waals surface area contributed by atoms with Crippen LogP contribution in [0.2, 0.25) is 0 Å². The Hall–Kier alpha value is -1.39. The van der Waals surface area contributed by atoms with Crippen molar-refractivity contribution in [3.63, 3.8) is 0 Å². The average Bonchev–Trinajstić information content (AvgIpc) is 2.39. The Morgan fingerprint density at radius 1 is 1.35 bits per heavy atom. The molecule has 0 saturated heterocycles. The van der Waals surface area contributed by atoms with Crippen molar-refractivity contribution in [1.82, 2.24) is 4.90 Å². The second-order valence-electron chi connectivity index (χ2n) is 5.37. The zero-order chi connectivity index (χ0) is 15.0. The second-order valence-corrected chi connectivity index (χ2v) is 5.37. The lowest BCUT2D eigenvalue weighted by atomic mass is 10.1. The highest BCUT2D eigenvalue weighted by Gasteiger charge is 2.07. The molecular weight excluding hydrogens is 252 g/mol. The maximum atomic E-state index is 11.9. The fourth-order valence-corrected chi connectivity index (χ4v) is 1.98. The van der Waals surface area contributed by atoms with Crippen LogP contribution < -0.4 is 5.32 Å². The summed E-state index contributed by atoms with van der Waals surface area (Å²) in [4.78, 5) is 13.8. The number of benzene rings is 1. The molecule has 4 nitrogen and oxygen atoms in total. The van der Waals surface area contributed by atoms with Gasteiger partial charge in [0.25, 0.3) is 0 Å². The van der Waals surface area contributed by atoms with Crippen LogP contribution in [0.25, 0.3) is 0 Å². The highest BCUT2D eigenvalue weighted by atomic mass is 16.3. The highest BCUT2D eigenvalue weighted by Crippen LogP contribution is 2.11. The van der Waals surface area contributed by atoms with E-state index in [9.17, 15) is 9.90 Å². The van der Waals surface area contributed by atoms with E-state index in [0.29, 0.717) is 19.5 Å². The van der Waals surface area contributed by atoms with Gasteiger partial charge in [-0.25, -0.2) is 0 Å². The molecule has 2 N–H and O–H groups in total. The van der Waals surface area contributed by atoms with Gasteiger partial charge in [0.1, 0.15) is 0 Å². The number of aliphatic hydroxyl groups excluding tert-OH is 1.